The number of nitrogens with zero attached hydrogens (tertiary/aromatic N) is 1. The average Bonchev–Trinajstić information content (AvgIpc) is 3.14. The fourth-order valence-corrected chi connectivity index (χ4v) is 3.70. The number of thioether (sulfide) groups is 1. The minimum Gasteiger partial charge on any atom is -0.436 e. The lowest BCUT2D eigenvalue weighted by Gasteiger charge is -2.06. The zero-order valence-corrected chi connectivity index (χ0v) is 16.3. The third-order valence-corrected chi connectivity index (χ3v) is 5.32. The predicted octanol–water partition coefficient (Wildman–Crippen LogP) is 5.92. The van der Waals surface area contributed by atoms with Gasteiger partial charge in [0.1, 0.15) is 5.52 Å². The second kappa shape index (κ2) is 8.31. The molecule has 1 aromatic heterocycles. The van der Waals surface area contributed by atoms with E-state index in [0.29, 0.717) is 12.3 Å². The van der Waals surface area contributed by atoms with Gasteiger partial charge in [0, 0.05) is 28.3 Å². The lowest BCUT2D eigenvalue weighted by atomic mass is 10.2. The van der Waals surface area contributed by atoms with E-state index in [1.54, 1.807) is 11.8 Å². The minimum absolute atomic E-state index is 0.00525. The van der Waals surface area contributed by atoms with E-state index < -0.39 is 0 Å². The number of oxazole rings is 1. The predicted molar refractivity (Wildman–Crippen MR) is 115 cm³/mol. The number of carbonyl (C=O) groups is 1. The molecule has 0 saturated heterocycles. The molecule has 4 rings (SSSR count). The monoisotopic (exact) mass is 388 g/mol. The van der Waals surface area contributed by atoms with E-state index in [1.807, 2.05) is 48.5 Å². The van der Waals surface area contributed by atoms with Crippen molar-refractivity contribution in [2.24, 2.45) is 0 Å². The lowest BCUT2D eigenvalue weighted by molar-refractivity contribution is -0.115. The molecule has 0 unspecified atom stereocenters. The molecule has 140 valence electrons. The molecule has 5 heteroatoms. The lowest BCUT2D eigenvalue weighted by Crippen LogP contribution is -2.12. The highest BCUT2D eigenvalue weighted by atomic mass is 32.2. The minimum atomic E-state index is -0.00525. The molecule has 0 spiro atoms. The summed E-state index contributed by atoms with van der Waals surface area (Å²) in [6, 6.07) is 23.6. The number of fused-ring (bicyclic) bond motifs is 1. The second-order valence-electron chi connectivity index (χ2n) is 6.53. The Labute approximate surface area is 168 Å². The van der Waals surface area contributed by atoms with Gasteiger partial charge in [-0.15, -0.1) is 11.8 Å². The summed E-state index contributed by atoms with van der Waals surface area (Å²) >= 11 is 1.68. The van der Waals surface area contributed by atoms with Gasteiger partial charge in [-0.1, -0.05) is 35.9 Å². The normalized spacial score (nSPS) is 10.9. The number of amides is 1. The molecule has 0 aliphatic heterocycles. The van der Waals surface area contributed by atoms with E-state index in [1.165, 1.54) is 10.5 Å². The molecule has 28 heavy (non-hydrogen) atoms. The summed E-state index contributed by atoms with van der Waals surface area (Å²) in [6.45, 7) is 2.07. The Morgan fingerprint density at radius 2 is 1.86 bits per heavy atom. The first kappa shape index (κ1) is 18.3. The molecule has 0 radical (unpaired) electrons. The first-order valence-electron chi connectivity index (χ1n) is 9.13. The third kappa shape index (κ3) is 4.43. The maximum absolute atomic E-state index is 12.3. The zero-order chi connectivity index (χ0) is 19.3. The number of nitrogens with one attached hydrogen (secondary N) is 1. The van der Waals surface area contributed by atoms with Crippen molar-refractivity contribution in [3.8, 4) is 11.5 Å². The van der Waals surface area contributed by atoms with Crippen LogP contribution in [-0.4, -0.2) is 16.6 Å². The molecule has 0 fully saturated rings. The third-order valence-electron chi connectivity index (χ3n) is 4.31. The van der Waals surface area contributed by atoms with Crippen LogP contribution in [0.1, 0.15) is 12.0 Å². The van der Waals surface area contributed by atoms with Crippen LogP contribution >= 0.6 is 11.8 Å². The summed E-state index contributed by atoms with van der Waals surface area (Å²) in [7, 11) is 0. The maximum Gasteiger partial charge on any atom is 0.227 e. The van der Waals surface area contributed by atoms with Crippen LogP contribution in [0, 0.1) is 6.92 Å². The number of carbonyl (C=O) groups excluding carboxylic acids is 1. The Balaban J connectivity index is 1.37. The molecular formula is C23H20N2O2S. The van der Waals surface area contributed by atoms with E-state index in [2.05, 4.69) is 41.5 Å². The summed E-state index contributed by atoms with van der Waals surface area (Å²) in [5.74, 6) is 1.28. The summed E-state index contributed by atoms with van der Waals surface area (Å²) < 4.78 is 5.81. The van der Waals surface area contributed by atoms with Gasteiger partial charge in [0.15, 0.2) is 5.58 Å². The van der Waals surface area contributed by atoms with Crippen molar-refractivity contribution < 1.29 is 9.21 Å². The van der Waals surface area contributed by atoms with Crippen LogP contribution < -0.4 is 5.32 Å². The van der Waals surface area contributed by atoms with Gasteiger partial charge < -0.3 is 9.73 Å². The topological polar surface area (TPSA) is 55.1 Å². The molecule has 0 aliphatic carbocycles. The van der Waals surface area contributed by atoms with Gasteiger partial charge >= 0.3 is 0 Å². The SMILES string of the molecule is Cc1ccc(SCCC(=O)Nc2cccc(-c3nc4ccccc4o3)c2)cc1. The van der Waals surface area contributed by atoms with Gasteiger partial charge in [0.05, 0.1) is 0 Å². The van der Waals surface area contributed by atoms with E-state index in [-0.39, 0.29) is 5.91 Å². The Morgan fingerprint density at radius 3 is 2.68 bits per heavy atom. The molecule has 1 N–H and O–H groups in total. The molecule has 0 saturated carbocycles. The van der Waals surface area contributed by atoms with Gasteiger partial charge in [-0.2, -0.15) is 0 Å². The van der Waals surface area contributed by atoms with Gasteiger partial charge in [0.2, 0.25) is 11.8 Å². The number of anilines is 1. The maximum atomic E-state index is 12.3. The highest BCUT2D eigenvalue weighted by molar-refractivity contribution is 7.99. The first-order valence-corrected chi connectivity index (χ1v) is 10.1. The number of para-hydroxylation sites is 2. The summed E-state index contributed by atoms with van der Waals surface area (Å²) in [4.78, 5) is 18.0. The van der Waals surface area contributed by atoms with Crippen LogP contribution in [0.4, 0.5) is 5.69 Å². The molecule has 3 aromatic carbocycles. The van der Waals surface area contributed by atoms with Crippen LogP contribution in [0.3, 0.4) is 0 Å². The molecule has 0 bridgehead atoms. The number of benzene rings is 3. The van der Waals surface area contributed by atoms with Gasteiger partial charge in [-0.05, 0) is 49.4 Å². The number of hydrogen-bond donors (Lipinski definition) is 1. The van der Waals surface area contributed by atoms with Crippen molar-refractivity contribution in [2.75, 3.05) is 11.1 Å². The summed E-state index contributed by atoms with van der Waals surface area (Å²) in [6.07, 6.45) is 0.450. The smallest absolute Gasteiger partial charge is 0.227 e. The van der Waals surface area contributed by atoms with Crippen molar-refractivity contribution in [2.45, 2.75) is 18.2 Å². The number of aryl methyl sites for hydroxylation is 1. The largest absolute Gasteiger partial charge is 0.436 e. The van der Waals surface area contributed by atoms with Crippen LogP contribution in [0.2, 0.25) is 0 Å². The van der Waals surface area contributed by atoms with E-state index in [0.717, 1.165) is 28.1 Å². The van der Waals surface area contributed by atoms with Crippen LogP contribution in [-0.2, 0) is 4.79 Å². The number of rotatable bonds is 6. The Hall–Kier alpha value is -3.05. The molecule has 1 amide bonds. The van der Waals surface area contributed by atoms with Crippen LogP contribution in [0.25, 0.3) is 22.6 Å². The molecule has 0 aliphatic rings. The van der Waals surface area contributed by atoms with Crippen molar-refractivity contribution in [3.63, 3.8) is 0 Å². The first-order chi connectivity index (χ1) is 13.7. The summed E-state index contributed by atoms with van der Waals surface area (Å²) in [5, 5.41) is 2.96. The molecule has 4 nitrogen and oxygen atoms in total. The van der Waals surface area contributed by atoms with Crippen molar-refractivity contribution >= 4 is 34.5 Å². The Morgan fingerprint density at radius 1 is 1.04 bits per heavy atom. The van der Waals surface area contributed by atoms with E-state index in [4.69, 9.17) is 4.42 Å². The van der Waals surface area contributed by atoms with Crippen LogP contribution in [0.15, 0.2) is 82.1 Å². The molecular weight excluding hydrogens is 368 g/mol. The Bertz CT molecular complexity index is 1070. The molecule has 1 heterocycles. The fourth-order valence-electron chi connectivity index (χ4n) is 2.85. The summed E-state index contributed by atoms with van der Waals surface area (Å²) in [5.41, 5.74) is 4.38. The van der Waals surface area contributed by atoms with Crippen LogP contribution in [0.5, 0.6) is 0 Å². The van der Waals surface area contributed by atoms with E-state index >= 15 is 0 Å². The molecule has 4 aromatic rings. The van der Waals surface area contributed by atoms with Gasteiger partial charge in [-0.3, -0.25) is 4.79 Å². The van der Waals surface area contributed by atoms with Gasteiger partial charge in [-0.25, -0.2) is 4.98 Å². The standard InChI is InChI=1S/C23H20N2O2S/c1-16-9-11-19(12-10-16)28-14-13-22(26)24-18-6-4-5-17(15-18)23-25-20-7-2-3-8-21(20)27-23/h2-12,15H,13-14H2,1H3,(H,24,26). The number of hydrogen-bond acceptors (Lipinski definition) is 4. The van der Waals surface area contributed by atoms with E-state index in [9.17, 15) is 4.79 Å². The molecule has 0 atom stereocenters. The van der Waals surface area contributed by atoms with Crippen molar-refractivity contribution in [1.29, 1.82) is 0 Å². The van der Waals surface area contributed by atoms with Crippen molar-refractivity contribution in [1.82, 2.24) is 4.98 Å². The average molecular weight is 388 g/mol. The quantitative estimate of drug-likeness (QED) is 0.416. The zero-order valence-electron chi connectivity index (χ0n) is 15.5. The highest BCUT2D eigenvalue weighted by Crippen LogP contribution is 2.26. The van der Waals surface area contributed by atoms with Gasteiger partial charge in [0.25, 0.3) is 0 Å². The number of aromatic nitrogens is 1. The van der Waals surface area contributed by atoms with Crippen molar-refractivity contribution in [3.05, 3.63) is 78.4 Å². The fraction of sp³-hybridized carbons (Fsp3) is 0.130. The highest BCUT2D eigenvalue weighted by Gasteiger charge is 2.09. The second-order valence-corrected chi connectivity index (χ2v) is 7.70. The Kier molecular flexibility index (Phi) is 5.44.